The summed E-state index contributed by atoms with van der Waals surface area (Å²) >= 11 is 0. The van der Waals surface area contributed by atoms with Crippen molar-refractivity contribution in [3.05, 3.63) is 23.4 Å². The predicted octanol–water partition coefficient (Wildman–Crippen LogP) is 0.240. The molecule has 0 bridgehead atoms. The summed E-state index contributed by atoms with van der Waals surface area (Å²) in [5.41, 5.74) is 6.55. The average molecular weight is 314 g/mol. The minimum atomic E-state index is -3.34. The summed E-state index contributed by atoms with van der Waals surface area (Å²) in [4.78, 5) is 16.3. The van der Waals surface area contributed by atoms with Gasteiger partial charge < -0.3 is 11.1 Å². The van der Waals surface area contributed by atoms with E-state index in [-0.39, 0.29) is 29.4 Å². The van der Waals surface area contributed by atoms with Gasteiger partial charge in [0.05, 0.1) is 5.75 Å². The number of aromatic nitrogens is 1. The fraction of sp³-hybridized carbons (Fsp3) is 0.538. The van der Waals surface area contributed by atoms with E-state index >= 15 is 0 Å². The minimum Gasteiger partial charge on any atom is -0.384 e. The van der Waals surface area contributed by atoms with Crippen LogP contribution in [0.3, 0.4) is 0 Å². The molecule has 0 aliphatic heterocycles. The summed E-state index contributed by atoms with van der Waals surface area (Å²) in [7, 11) is -2.01. The molecule has 118 valence electrons. The molecule has 8 heteroatoms. The van der Waals surface area contributed by atoms with Crippen molar-refractivity contribution >= 4 is 21.7 Å². The summed E-state index contributed by atoms with van der Waals surface area (Å²) in [5.74, 6) is -0.293. The maximum Gasteiger partial charge on any atom is 0.251 e. The first-order valence-corrected chi connectivity index (χ1v) is 8.18. The molecule has 1 amide bonds. The zero-order valence-corrected chi connectivity index (χ0v) is 13.5. The van der Waals surface area contributed by atoms with Crippen LogP contribution in [0.5, 0.6) is 0 Å². The van der Waals surface area contributed by atoms with E-state index in [2.05, 4.69) is 15.0 Å². The van der Waals surface area contributed by atoms with Crippen molar-refractivity contribution in [3.8, 4) is 0 Å². The van der Waals surface area contributed by atoms with E-state index in [1.807, 2.05) is 20.8 Å². The number of amides is 1. The van der Waals surface area contributed by atoms with Gasteiger partial charge in [0.15, 0.2) is 0 Å². The number of pyridine rings is 1. The van der Waals surface area contributed by atoms with Gasteiger partial charge in [-0.1, -0.05) is 20.8 Å². The molecule has 1 aromatic heterocycles. The number of hydrogen-bond donors (Lipinski definition) is 3. The number of nitrogens with zero attached hydrogens (tertiary/aromatic N) is 1. The summed E-state index contributed by atoms with van der Waals surface area (Å²) in [6.07, 6.45) is 0. The van der Waals surface area contributed by atoms with Crippen LogP contribution >= 0.6 is 0 Å². The molecule has 1 rings (SSSR count). The molecule has 0 fully saturated rings. The van der Waals surface area contributed by atoms with Gasteiger partial charge in [-0.25, -0.2) is 18.1 Å². The van der Waals surface area contributed by atoms with E-state index in [1.54, 1.807) is 6.07 Å². The van der Waals surface area contributed by atoms with Gasteiger partial charge in [0.25, 0.3) is 5.91 Å². The van der Waals surface area contributed by atoms with Crippen LogP contribution in [-0.4, -0.2) is 38.7 Å². The van der Waals surface area contributed by atoms with Crippen LogP contribution in [0.1, 0.15) is 36.8 Å². The number of carbonyl (C=O) groups excluding carboxylic acids is 1. The van der Waals surface area contributed by atoms with Gasteiger partial charge in [-0.3, -0.25) is 4.79 Å². The largest absolute Gasteiger partial charge is 0.384 e. The summed E-state index contributed by atoms with van der Waals surface area (Å²) in [6.45, 7) is 5.93. The van der Waals surface area contributed by atoms with Crippen LogP contribution in [0.15, 0.2) is 12.1 Å². The van der Waals surface area contributed by atoms with Crippen LogP contribution < -0.4 is 15.8 Å². The van der Waals surface area contributed by atoms with Gasteiger partial charge in [-0.15, -0.1) is 0 Å². The Balaban J connectivity index is 2.82. The fourth-order valence-electron chi connectivity index (χ4n) is 1.57. The summed E-state index contributed by atoms with van der Waals surface area (Å²) in [6, 6.07) is 3.13. The Morgan fingerprint density at radius 3 is 2.48 bits per heavy atom. The molecule has 21 heavy (non-hydrogen) atoms. The number of anilines is 1. The maximum atomic E-state index is 12.0. The third kappa shape index (κ3) is 5.31. The third-order valence-electron chi connectivity index (χ3n) is 2.84. The third-order valence-corrected chi connectivity index (χ3v) is 4.21. The van der Waals surface area contributed by atoms with E-state index < -0.39 is 10.0 Å². The highest BCUT2D eigenvalue weighted by molar-refractivity contribution is 7.89. The molecular formula is C13H22N4O3S. The maximum absolute atomic E-state index is 12.0. The zero-order chi connectivity index (χ0) is 16.3. The van der Waals surface area contributed by atoms with Crippen molar-refractivity contribution in [2.24, 2.45) is 0 Å². The van der Waals surface area contributed by atoms with Crippen LogP contribution in [0.25, 0.3) is 0 Å². The SMILES string of the molecule is CNS(=O)(=O)CCNC(=O)c1cc(N)nc(C(C)(C)C)c1. The quantitative estimate of drug-likeness (QED) is 0.720. The van der Waals surface area contributed by atoms with Gasteiger partial charge in [0, 0.05) is 23.2 Å². The van der Waals surface area contributed by atoms with Crippen molar-refractivity contribution in [3.63, 3.8) is 0 Å². The molecule has 4 N–H and O–H groups in total. The van der Waals surface area contributed by atoms with Gasteiger partial charge in [-0.05, 0) is 19.2 Å². The second-order valence-electron chi connectivity index (χ2n) is 5.69. The van der Waals surface area contributed by atoms with Crippen LogP contribution in [0.2, 0.25) is 0 Å². The van der Waals surface area contributed by atoms with Crippen molar-refractivity contribution < 1.29 is 13.2 Å². The van der Waals surface area contributed by atoms with Crippen LogP contribution in [-0.2, 0) is 15.4 Å². The standard InChI is InChI=1S/C13H22N4O3S/c1-13(2,3)10-7-9(8-11(14)17-10)12(18)16-5-6-21(19,20)15-4/h7-8,15H,5-6H2,1-4H3,(H2,14,17)(H,16,18). The van der Waals surface area contributed by atoms with E-state index in [9.17, 15) is 13.2 Å². The fourth-order valence-corrected chi connectivity index (χ4v) is 2.15. The lowest BCUT2D eigenvalue weighted by atomic mass is 9.90. The number of nitrogens with one attached hydrogen (secondary N) is 2. The molecule has 7 nitrogen and oxygen atoms in total. The Labute approximate surface area is 125 Å². The van der Waals surface area contributed by atoms with Gasteiger partial charge in [0.1, 0.15) is 5.82 Å². The summed E-state index contributed by atoms with van der Waals surface area (Å²) in [5, 5.41) is 2.55. The Bertz CT molecular complexity index is 621. The van der Waals surface area contributed by atoms with E-state index in [0.717, 1.165) is 0 Å². The van der Waals surface area contributed by atoms with Crippen molar-refractivity contribution in [2.75, 3.05) is 25.1 Å². The average Bonchev–Trinajstić information content (AvgIpc) is 2.36. The van der Waals surface area contributed by atoms with E-state index in [1.165, 1.54) is 13.1 Å². The molecule has 0 saturated heterocycles. The molecule has 0 saturated carbocycles. The van der Waals surface area contributed by atoms with Crippen LogP contribution in [0.4, 0.5) is 5.82 Å². The Morgan fingerprint density at radius 1 is 1.33 bits per heavy atom. The monoisotopic (exact) mass is 314 g/mol. The molecule has 0 atom stereocenters. The second kappa shape index (κ2) is 6.40. The molecule has 0 radical (unpaired) electrons. The van der Waals surface area contributed by atoms with Gasteiger partial charge >= 0.3 is 0 Å². The lowest BCUT2D eigenvalue weighted by Crippen LogP contribution is -2.33. The first-order valence-electron chi connectivity index (χ1n) is 6.52. The topological polar surface area (TPSA) is 114 Å². The normalized spacial score (nSPS) is 12.2. The molecule has 0 spiro atoms. The van der Waals surface area contributed by atoms with E-state index in [0.29, 0.717) is 11.3 Å². The highest BCUT2D eigenvalue weighted by Gasteiger charge is 2.19. The first-order chi connectivity index (χ1) is 9.55. The number of carbonyl (C=O) groups is 1. The Hall–Kier alpha value is -1.67. The van der Waals surface area contributed by atoms with Crippen molar-refractivity contribution in [1.82, 2.24) is 15.0 Å². The lowest BCUT2D eigenvalue weighted by Gasteiger charge is -2.19. The molecule has 1 aromatic rings. The second-order valence-corrected chi connectivity index (χ2v) is 7.74. The lowest BCUT2D eigenvalue weighted by molar-refractivity contribution is 0.0956. The Kier molecular flexibility index (Phi) is 5.30. The molecule has 0 aromatic carbocycles. The molecule has 0 aliphatic rings. The first kappa shape index (κ1) is 17.4. The molecular weight excluding hydrogens is 292 g/mol. The number of rotatable bonds is 5. The zero-order valence-electron chi connectivity index (χ0n) is 12.7. The highest BCUT2D eigenvalue weighted by Crippen LogP contribution is 2.22. The van der Waals surface area contributed by atoms with Gasteiger partial charge in [-0.2, -0.15) is 0 Å². The van der Waals surface area contributed by atoms with Gasteiger partial charge in [0.2, 0.25) is 10.0 Å². The number of sulfonamides is 1. The predicted molar refractivity (Wildman–Crippen MR) is 82.5 cm³/mol. The van der Waals surface area contributed by atoms with E-state index in [4.69, 9.17) is 5.73 Å². The Morgan fingerprint density at radius 2 is 1.95 bits per heavy atom. The number of nitrogen functional groups attached to an aromatic ring is 1. The molecule has 0 aliphatic carbocycles. The minimum absolute atomic E-state index is 0.0229. The number of nitrogens with two attached hydrogens (primary N) is 1. The molecule has 0 unspecified atom stereocenters. The highest BCUT2D eigenvalue weighted by atomic mass is 32.2. The number of hydrogen-bond acceptors (Lipinski definition) is 5. The smallest absolute Gasteiger partial charge is 0.251 e. The van der Waals surface area contributed by atoms with Crippen molar-refractivity contribution in [2.45, 2.75) is 26.2 Å². The summed E-state index contributed by atoms with van der Waals surface area (Å²) < 4.78 is 24.7. The van der Waals surface area contributed by atoms with Crippen LogP contribution in [0, 0.1) is 0 Å². The van der Waals surface area contributed by atoms with Crippen molar-refractivity contribution in [1.29, 1.82) is 0 Å². The molecule has 1 heterocycles.